The molecule has 0 spiro atoms. The van der Waals surface area contributed by atoms with E-state index < -0.39 is 16.1 Å². The number of nitrogens with one attached hydrogen (secondary N) is 2. The maximum Gasteiger partial charge on any atom is 0.242 e. The quantitative estimate of drug-likeness (QED) is 0.381. The van der Waals surface area contributed by atoms with E-state index in [-0.39, 0.29) is 29.2 Å². The Morgan fingerprint density at radius 1 is 0.946 bits per heavy atom. The molecule has 37 heavy (non-hydrogen) atoms. The summed E-state index contributed by atoms with van der Waals surface area (Å²) in [7, 11) is -3.51. The van der Waals surface area contributed by atoms with Crippen molar-refractivity contribution in [3.8, 4) is 0 Å². The van der Waals surface area contributed by atoms with Crippen LogP contribution in [0.4, 0.5) is 0 Å². The van der Waals surface area contributed by atoms with Crippen molar-refractivity contribution in [1.29, 1.82) is 0 Å². The number of hydrogen-bond acceptors (Lipinski definition) is 5. The molecule has 2 amide bonds. The minimum Gasteiger partial charge on any atom is -0.350 e. The number of aromatic nitrogens is 1. The minimum atomic E-state index is -3.51. The van der Waals surface area contributed by atoms with Crippen molar-refractivity contribution in [2.24, 2.45) is 0 Å². The average molecular weight is 521 g/mol. The summed E-state index contributed by atoms with van der Waals surface area (Å²) < 4.78 is 27.5. The lowest BCUT2D eigenvalue weighted by molar-refractivity contribution is -0.140. The Kier molecular flexibility index (Phi) is 8.68. The van der Waals surface area contributed by atoms with E-state index in [1.165, 1.54) is 0 Å². The Balaban J connectivity index is 1.39. The molecule has 8 nitrogen and oxygen atoms in total. The zero-order valence-corrected chi connectivity index (χ0v) is 21.7. The van der Waals surface area contributed by atoms with Gasteiger partial charge in [-0.05, 0) is 67.1 Å². The summed E-state index contributed by atoms with van der Waals surface area (Å²) in [4.78, 5) is 32.1. The van der Waals surface area contributed by atoms with Gasteiger partial charge in [0.15, 0.2) is 0 Å². The molecular formula is C28H32N4O4S. The molecule has 1 heterocycles. The summed E-state index contributed by atoms with van der Waals surface area (Å²) in [6.07, 6.45) is 5.72. The van der Waals surface area contributed by atoms with Crippen molar-refractivity contribution < 1.29 is 18.0 Å². The number of aryl methyl sites for hydroxylation is 1. The molecule has 3 aromatic rings. The third-order valence-electron chi connectivity index (χ3n) is 6.34. The van der Waals surface area contributed by atoms with Crippen LogP contribution in [0, 0.1) is 0 Å². The van der Waals surface area contributed by atoms with Crippen LogP contribution in [0.1, 0.15) is 42.9 Å². The number of nitrogens with zero attached hydrogens (tertiary/aromatic N) is 2. The van der Waals surface area contributed by atoms with Gasteiger partial charge in [-0.3, -0.25) is 14.6 Å². The normalized spacial score (nSPS) is 14.1. The summed E-state index contributed by atoms with van der Waals surface area (Å²) in [6, 6.07) is 19.2. The van der Waals surface area contributed by atoms with E-state index in [9.17, 15) is 18.0 Å². The van der Waals surface area contributed by atoms with E-state index in [0.717, 1.165) is 29.5 Å². The van der Waals surface area contributed by atoms with Crippen molar-refractivity contribution in [1.82, 2.24) is 19.9 Å². The first kappa shape index (κ1) is 26.5. The first-order chi connectivity index (χ1) is 17.8. The standard InChI is InChI=1S/C28H32N4O4S/c1-21(28(34)30-19-23-15-17-29-18-16-23)32(20-24-5-3-2-4-6-24)27(33)14-9-22-7-12-26(13-8-22)37(35,36)31-25-10-11-25/h2-8,12-13,15-18,21,25,31H,9-11,14,19-20H2,1H3,(H,30,34)/t21-/m0/s1. The van der Waals surface area contributed by atoms with Gasteiger partial charge in [-0.15, -0.1) is 0 Å². The van der Waals surface area contributed by atoms with Gasteiger partial charge in [0.1, 0.15) is 6.04 Å². The predicted molar refractivity (Wildman–Crippen MR) is 141 cm³/mol. The van der Waals surface area contributed by atoms with E-state index in [4.69, 9.17) is 0 Å². The third-order valence-corrected chi connectivity index (χ3v) is 7.88. The van der Waals surface area contributed by atoms with Gasteiger partial charge in [-0.25, -0.2) is 13.1 Å². The molecule has 1 aliphatic rings. The first-order valence-electron chi connectivity index (χ1n) is 12.4. The molecule has 0 bridgehead atoms. The Bertz CT molecular complexity index is 1300. The summed E-state index contributed by atoms with van der Waals surface area (Å²) in [5, 5.41) is 2.91. The zero-order valence-electron chi connectivity index (χ0n) is 20.8. The highest BCUT2D eigenvalue weighted by atomic mass is 32.2. The van der Waals surface area contributed by atoms with Gasteiger partial charge in [0.25, 0.3) is 0 Å². The van der Waals surface area contributed by atoms with Gasteiger partial charge < -0.3 is 10.2 Å². The second-order valence-corrected chi connectivity index (χ2v) is 11.0. The highest BCUT2D eigenvalue weighted by molar-refractivity contribution is 7.89. The number of carbonyl (C=O) groups excluding carboxylic acids is 2. The molecule has 1 aliphatic carbocycles. The van der Waals surface area contributed by atoms with Gasteiger partial charge >= 0.3 is 0 Å². The van der Waals surface area contributed by atoms with Crippen LogP contribution in [0.5, 0.6) is 0 Å². The Morgan fingerprint density at radius 2 is 1.62 bits per heavy atom. The number of benzene rings is 2. The molecule has 0 radical (unpaired) electrons. The lowest BCUT2D eigenvalue weighted by Crippen LogP contribution is -2.47. The van der Waals surface area contributed by atoms with Crippen LogP contribution in [0.3, 0.4) is 0 Å². The second kappa shape index (κ2) is 12.1. The van der Waals surface area contributed by atoms with E-state index >= 15 is 0 Å². The number of hydrogen-bond donors (Lipinski definition) is 2. The fourth-order valence-corrected chi connectivity index (χ4v) is 5.22. The highest BCUT2D eigenvalue weighted by Crippen LogP contribution is 2.22. The van der Waals surface area contributed by atoms with Gasteiger partial charge in [0.05, 0.1) is 4.90 Å². The van der Waals surface area contributed by atoms with Crippen molar-refractivity contribution in [2.75, 3.05) is 0 Å². The van der Waals surface area contributed by atoms with Crippen LogP contribution < -0.4 is 10.0 Å². The van der Waals surface area contributed by atoms with Crippen molar-refractivity contribution >= 4 is 21.8 Å². The molecule has 2 N–H and O–H groups in total. The van der Waals surface area contributed by atoms with Crippen molar-refractivity contribution in [3.63, 3.8) is 0 Å². The van der Waals surface area contributed by atoms with Crippen LogP contribution in [-0.2, 0) is 39.1 Å². The molecule has 0 saturated heterocycles. The van der Waals surface area contributed by atoms with Gasteiger partial charge in [-0.1, -0.05) is 42.5 Å². The number of rotatable bonds is 12. The highest BCUT2D eigenvalue weighted by Gasteiger charge is 2.28. The Labute approximate surface area is 218 Å². The molecule has 0 aliphatic heterocycles. The fourth-order valence-electron chi connectivity index (χ4n) is 3.92. The largest absolute Gasteiger partial charge is 0.350 e. The first-order valence-corrected chi connectivity index (χ1v) is 13.9. The Morgan fingerprint density at radius 3 is 2.27 bits per heavy atom. The molecular weight excluding hydrogens is 488 g/mol. The van der Waals surface area contributed by atoms with Crippen LogP contribution in [0.15, 0.2) is 84.0 Å². The zero-order chi connectivity index (χ0) is 26.3. The Hall–Kier alpha value is -3.56. The number of pyridine rings is 1. The predicted octanol–water partition coefficient (Wildman–Crippen LogP) is 3.19. The van der Waals surface area contributed by atoms with Gasteiger partial charge in [-0.2, -0.15) is 0 Å². The van der Waals surface area contributed by atoms with E-state index in [1.54, 1.807) is 48.5 Å². The molecule has 194 valence electrons. The number of sulfonamides is 1. The smallest absolute Gasteiger partial charge is 0.242 e. The molecule has 1 saturated carbocycles. The maximum atomic E-state index is 13.3. The molecule has 1 atom stereocenters. The lowest BCUT2D eigenvalue weighted by Gasteiger charge is -2.29. The van der Waals surface area contributed by atoms with Gasteiger partial charge in [0, 0.05) is 37.9 Å². The number of amides is 2. The third kappa shape index (κ3) is 7.71. The van der Waals surface area contributed by atoms with Crippen molar-refractivity contribution in [2.45, 2.75) is 62.7 Å². The molecule has 9 heteroatoms. The molecule has 1 fully saturated rings. The molecule has 2 aromatic carbocycles. The SMILES string of the molecule is C[C@@H](C(=O)NCc1ccncc1)N(Cc1ccccc1)C(=O)CCc1ccc(S(=O)(=O)NC2CC2)cc1. The van der Waals surface area contributed by atoms with Crippen LogP contribution in [0.25, 0.3) is 0 Å². The topological polar surface area (TPSA) is 108 Å². The average Bonchev–Trinajstić information content (AvgIpc) is 3.73. The summed E-state index contributed by atoms with van der Waals surface area (Å²) in [6.45, 7) is 2.40. The molecule has 4 rings (SSSR count). The summed E-state index contributed by atoms with van der Waals surface area (Å²) in [5.74, 6) is -0.388. The lowest BCUT2D eigenvalue weighted by atomic mass is 10.1. The minimum absolute atomic E-state index is 0.0433. The monoisotopic (exact) mass is 520 g/mol. The van der Waals surface area contributed by atoms with E-state index in [2.05, 4.69) is 15.0 Å². The van der Waals surface area contributed by atoms with Crippen LogP contribution in [-0.4, -0.2) is 42.2 Å². The summed E-state index contributed by atoms with van der Waals surface area (Å²) in [5.41, 5.74) is 2.71. The fraction of sp³-hybridized carbons (Fsp3) is 0.321. The van der Waals surface area contributed by atoms with Crippen LogP contribution in [0.2, 0.25) is 0 Å². The van der Waals surface area contributed by atoms with Gasteiger partial charge in [0.2, 0.25) is 21.8 Å². The number of carbonyl (C=O) groups is 2. The van der Waals surface area contributed by atoms with E-state index in [1.807, 2.05) is 42.5 Å². The molecule has 1 aromatic heterocycles. The van der Waals surface area contributed by atoms with Crippen molar-refractivity contribution in [3.05, 3.63) is 95.8 Å². The molecule has 0 unspecified atom stereocenters. The van der Waals surface area contributed by atoms with E-state index in [0.29, 0.717) is 19.5 Å². The second-order valence-electron chi connectivity index (χ2n) is 9.30. The summed E-state index contributed by atoms with van der Waals surface area (Å²) >= 11 is 0. The van der Waals surface area contributed by atoms with Crippen LogP contribution >= 0.6 is 0 Å². The maximum absolute atomic E-state index is 13.3.